The number of benzene rings is 1. The molecular weight excluding hydrogens is 301 g/mol. The Kier molecular flexibility index (Phi) is 5.43. The lowest BCUT2D eigenvalue weighted by atomic mass is 9.99. The van der Waals surface area contributed by atoms with Crippen LogP contribution in [-0.4, -0.2) is 36.0 Å². The van der Waals surface area contributed by atoms with E-state index in [-0.39, 0.29) is 5.91 Å². The minimum atomic E-state index is 0.0238. The lowest BCUT2D eigenvalue weighted by Gasteiger charge is -2.32. The highest BCUT2D eigenvalue weighted by Gasteiger charge is 2.25. The molecule has 5 heteroatoms. The Hall–Kier alpha value is -0.380. The van der Waals surface area contributed by atoms with Gasteiger partial charge in [-0.05, 0) is 43.2 Å². The molecule has 1 saturated heterocycles. The lowest BCUT2D eigenvalue weighted by Crippen LogP contribution is -2.40. The maximum Gasteiger partial charge on any atom is 0.255 e. The predicted molar refractivity (Wildman–Crippen MR) is 82.6 cm³/mol. The maximum atomic E-state index is 12.5. The summed E-state index contributed by atoms with van der Waals surface area (Å²) in [6, 6.07) is 5.60. The van der Waals surface area contributed by atoms with Crippen molar-refractivity contribution < 1.29 is 4.79 Å². The predicted octanol–water partition coefficient (Wildman–Crippen LogP) is 4.15. The van der Waals surface area contributed by atoms with Gasteiger partial charge >= 0.3 is 0 Å². The topological polar surface area (TPSA) is 20.3 Å². The number of thioether (sulfide) groups is 1. The van der Waals surface area contributed by atoms with E-state index in [2.05, 4.69) is 0 Å². The third-order valence-electron chi connectivity index (χ3n) is 3.43. The highest BCUT2D eigenvalue weighted by atomic mass is 35.5. The molecule has 0 radical (unpaired) electrons. The molecule has 1 amide bonds. The maximum absolute atomic E-state index is 12.5. The highest BCUT2D eigenvalue weighted by molar-refractivity contribution is 7.98. The second kappa shape index (κ2) is 6.87. The summed E-state index contributed by atoms with van der Waals surface area (Å²) in [6.45, 7) is 1.54. The van der Waals surface area contributed by atoms with Crippen molar-refractivity contribution in [1.82, 2.24) is 4.90 Å². The van der Waals surface area contributed by atoms with Gasteiger partial charge in [-0.2, -0.15) is 0 Å². The Balaban J connectivity index is 2.18. The minimum Gasteiger partial charge on any atom is -0.338 e. The molecule has 104 valence electrons. The molecule has 1 heterocycles. The fraction of sp³-hybridized carbons (Fsp3) is 0.500. The van der Waals surface area contributed by atoms with Gasteiger partial charge in [0.05, 0.1) is 10.6 Å². The number of amides is 1. The molecule has 0 aliphatic carbocycles. The third kappa shape index (κ3) is 3.59. The number of hydrogen-bond donors (Lipinski definition) is 0. The minimum absolute atomic E-state index is 0.0238. The van der Waals surface area contributed by atoms with Crippen LogP contribution in [-0.2, 0) is 0 Å². The number of likely N-dealkylation sites (tertiary alicyclic amines) is 1. The van der Waals surface area contributed by atoms with Crippen LogP contribution >= 0.6 is 35.0 Å². The van der Waals surface area contributed by atoms with E-state index < -0.39 is 0 Å². The zero-order chi connectivity index (χ0) is 13.8. The van der Waals surface area contributed by atoms with Crippen LogP contribution in [0.2, 0.25) is 5.02 Å². The molecule has 1 atom stereocenters. The number of piperidine rings is 1. The van der Waals surface area contributed by atoms with E-state index in [1.165, 1.54) is 0 Å². The Morgan fingerprint density at radius 2 is 2.32 bits per heavy atom. The number of halogens is 2. The number of rotatable bonds is 3. The molecule has 0 spiro atoms. The number of nitrogens with zero attached hydrogens (tertiary/aromatic N) is 1. The van der Waals surface area contributed by atoms with Crippen LogP contribution in [0.15, 0.2) is 23.1 Å². The molecule has 2 rings (SSSR count). The van der Waals surface area contributed by atoms with E-state index in [9.17, 15) is 4.79 Å². The van der Waals surface area contributed by atoms with Crippen LogP contribution in [0, 0.1) is 5.92 Å². The van der Waals surface area contributed by atoms with Crippen LogP contribution in [0.3, 0.4) is 0 Å². The summed E-state index contributed by atoms with van der Waals surface area (Å²) in [5, 5.41) is 0.524. The van der Waals surface area contributed by atoms with Crippen molar-refractivity contribution >= 4 is 40.9 Å². The molecule has 2 nitrogen and oxygen atoms in total. The molecule has 19 heavy (non-hydrogen) atoms. The molecule has 0 bridgehead atoms. The molecule has 1 unspecified atom stereocenters. The smallest absolute Gasteiger partial charge is 0.255 e. The standard InChI is InChI=1S/C14H17Cl2NOS/c1-19-11-4-5-13(16)12(7-11)14(18)17-6-2-3-10(8-15)9-17/h4-5,7,10H,2-3,6,8-9H2,1H3. The van der Waals surface area contributed by atoms with Gasteiger partial charge in [-0.15, -0.1) is 23.4 Å². The molecule has 1 aromatic rings. The fourth-order valence-corrected chi connectivity index (χ4v) is 3.23. The summed E-state index contributed by atoms with van der Waals surface area (Å²) in [5.74, 6) is 1.04. The molecule has 0 N–H and O–H groups in total. The molecule has 1 fully saturated rings. The van der Waals surface area contributed by atoms with Gasteiger partial charge in [-0.1, -0.05) is 11.6 Å². The van der Waals surface area contributed by atoms with Crippen LogP contribution in [0.4, 0.5) is 0 Å². The first kappa shape index (κ1) is 15.0. The molecule has 1 aliphatic heterocycles. The van der Waals surface area contributed by atoms with E-state index in [1.54, 1.807) is 17.8 Å². The first-order valence-electron chi connectivity index (χ1n) is 6.34. The summed E-state index contributed by atoms with van der Waals surface area (Å²) in [5.41, 5.74) is 0.601. The lowest BCUT2D eigenvalue weighted by molar-refractivity contribution is 0.0685. The fourth-order valence-electron chi connectivity index (χ4n) is 2.34. The van der Waals surface area contributed by atoms with E-state index in [0.29, 0.717) is 22.4 Å². The van der Waals surface area contributed by atoms with Gasteiger partial charge in [0.1, 0.15) is 0 Å². The Bertz CT molecular complexity index is 467. The van der Waals surface area contributed by atoms with Crippen molar-refractivity contribution in [3.05, 3.63) is 28.8 Å². The monoisotopic (exact) mass is 317 g/mol. The Morgan fingerprint density at radius 3 is 3.00 bits per heavy atom. The van der Waals surface area contributed by atoms with Gasteiger partial charge in [0.15, 0.2) is 0 Å². The van der Waals surface area contributed by atoms with E-state index in [0.717, 1.165) is 30.8 Å². The normalized spacial score (nSPS) is 19.5. The quantitative estimate of drug-likeness (QED) is 0.616. The number of alkyl halides is 1. The van der Waals surface area contributed by atoms with Crippen LogP contribution in [0.25, 0.3) is 0 Å². The first-order chi connectivity index (χ1) is 9.15. The van der Waals surface area contributed by atoms with Crippen molar-refractivity contribution in [1.29, 1.82) is 0 Å². The summed E-state index contributed by atoms with van der Waals surface area (Å²) >= 11 is 13.7. The van der Waals surface area contributed by atoms with Gasteiger partial charge in [-0.3, -0.25) is 4.79 Å². The number of carbonyl (C=O) groups is 1. The van der Waals surface area contributed by atoms with Crippen LogP contribution in [0.5, 0.6) is 0 Å². The van der Waals surface area contributed by atoms with E-state index in [1.807, 2.05) is 23.3 Å². The van der Waals surface area contributed by atoms with Crippen LogP contribution in [0.1, 0.15) is 23.2 Å². The van der Waals surface area contributed by atoms with Gasteiger partial charge in [0.25, 0.3) is 5.91 Å². The van der Waals surface area contributed by atoms with Crippen LogP contribution < -0.4 is 0 Å². The van der Waals surface area contributed by atoms with Gasteiger partial charge in [0.2, 0.25) is 0 Å². The van der Waals surface area contributed by atoms with Gasteiger partial charge in [-0.25, -0.2) is 0 Å². The zero-order valence-corrected chi connectivity index (χ0v) is 13.2. The Morgan fingerprint density at radius 1 is 1.53 bits per heavy atom. The molecule has 1 aliphatic rings. The average Bonchev–Trinajstić information content (AvgIpc) is 2.47. The summed E-state index contributed by atoms with van der Waals surface area (Å²) in [6.07, 6.45) is 4.11. The van der Waals surface area contributed by atoms with Gasteiger partial charge in [0, 0.05) is 23.9 Å². The van der Waals surface area contributed by atoms with E-state index in [4.69, 9.17) is 23.2 Å². The SMILES string of the molecule is CSc1ccc(Cl)c(C(=O)N2CCCC(CCl)C2)c1. The third-order valence-corrected chi connectivity index (χ3v) is 4.92. The zero-order valence-electron chi connectivity index (χ0n) is 10.9. The van der Waals surface area contributed by atoms with Crippen molar-refractivity contribution in [3.63, 3.8) is 0 Å². The van der Waals surface area contributed by atoms with Crippen molar-refractivity contribution in [2.45, 2.75) is 17.7 Å². The molecule has 0 aromatic heterocycles. The molecule has 0 saturated carbocycles. The first-order valence-corrected chi connectivity index (χ1v) is 8.48. The second-order valence-electron chi connectivity index (χ2n) is 4.76. The van der Waals surface area contributed by atoms with E-state index >= 15 is 0 Å². The van der Waals surface area contributed by atoms with Gasteiger partial charge < -0.3 is 4.90 Å². The average molecular weight is 318 g/mol. The van der Waals surface area contributed by atoms with Crippen molar-refractivity contribution in [2.75, 3.05) is 25.2 Å². The largest absolute Gasteiger partial charge is 0.338 e. The highest BCUT2D eigenvalue weighted by Crippen LogP contribution is 2.26. The number of hydrogen-bond acceptors (Lipinski definition) is 2. The summed E-state index contributed by atoms with van der Waals surface area (Å²) in [4.78, 5) is 15.5. The van der Waals surface area contributed by atoms with Crippen molar-refractivity contribution in [2.24, 2.45) is 5.92 Å². The van der Waals surface area contributed by atoms with Crippen molar-refractivity contribution in [3.8, 4) is 0 Å². The Labute approximate surface area is 128 Å². The second-order valence-corrected chi connectivity index (χ2v) is 6.35. The number of carbonyl (C=O) groups excluding carboxylic acids is 1. The molecule has 1 aromatic carbocycles. The summed E-state index contributed by atoms with van der Waals surface area (Å²) < 4.78 is 0. The summed E-state index contributed by atoms with van der Waals surface area (Å²) in [7, 11) is 0. The molecular formula is C14H17Cl2NOS.